The molecule has 0 saturated carbocycles. The molecule has 4 rings (SSSR count). The van der Waals surface area contributed by atoms with Gasteiger partial charge in [-0.15, -0.1) is 0 Å². The number of halogens is 1. The normalized spacial score (nSPS) is 14.7. The van der Waals surface area contributed by atoms with Gasteiger partial charge in [0.2, 0.25) is 0 Å². The van der Waals surface area contributed by atoms with Gasteiger partial charge in [0, 0.05) is 43.3 Å². The summed E-state index contributed by atoms with van der Waals surface area (Å²) >= 11 is 11.0. The van der Waals surface area contributed by atoms with Crippen molar-refractivity contribution in [2.45, 2.75) is 18.9 Å². The van der Waals surface area contributed by atoms with Crippen LogP contribution >= 0.6 is 23.8 Å². The van der Waals surface area contributed by atoms with E-state index in [1.165, 1.54) is 11.1 Å². The lowest BCUT2D eigenvalue weighted by molar-refractivity contribution is -0.148. The summed E-state index contributed by atoms with van der Waals surface area (Å²) in [5.41, 5.74) is 8.74. The van der Waals surface area contributed by atoms with Crippen LogP contribution in [-0.2, 0) is 19.1 Å². The number of piperazine rings is 1. The van der Waals surface area contributed by atoms with Crippen molar-refractivity contribution < 1.29 is 23.8 Å². The number of hydrogen-bond donors (Lipinski definition) is 1. The summed E-state index contributed by atoms with van der Waals surface area (Å²) in [7, 11) is 0. The number of nitrogens with zero attached hydrogens (tertiary/aromatic N) is 2. The van der Waals surface area contributed by atoms with Crippen molar-refractivity contribution in [3.8, 4) is 5.75 Å². The van der Waals surface area contributed by atoms with Crippen LogP contribution in [0.25, 0.3) is 0 Å². The van der Waals surface area contributed by atoms with Crippen LogP contribution in [-0.4, -0.2) is 79.3 Å². The largest absolute Gasteiger partial charge is 0.463 e. The Balaban J connectivity index is 1.09. The van der Waals surface area contributed by atoms with Crippen LogP contribution in [0.1, 0.15) is 35.6 Å². The molecule has 1 aliphatic rings. The monoisotopic (exact) mass is 609 g/mol. The number of esters is 2. The van der Waals surface area contributed by atoms with Crippen LogP contribution in [0.4, 0.5) is 0 Å². The maximum Gasteiger partial charge on any atom is 0.311 e. The SMILES string of the molecule is NC(=S)c1ccc(OC(=O)CCC(=O)OCCOCCN2CCN(C(c3ccccc3)c3ccc(Cl)cc3)CC2)cc1. The van der Waals surface area contributed by atoms with Crippen molar-refractivity contribution in [1.82, 2.24) is 9.80 Å². The number of carbonyl (C=O) groups excluding carboxylic acids is 2. The second-order valence-electron chi connectivity index (χ2n) is 9.94. The molecule has 0 bridgehead atoms. The van der Waals surface area contributed by atoms with E-state index in [1.807, 2.05) is 18.2 Å². The number of carbonyl (C=O) groups is 2. The summed E-state index contributed by atoms with van der Waals surface area (Å²) in [6.07, 6.45) is -0.139. The summed E-state index contributed by atoms with van der Waals surface area (Å²) in [6, 6.07) is 25.4. The van der Waals surface area contributed by atoms with Gasteiger partial charge in [0.15, 0.2) is 0 Å². The van der Waals surface area contributed by atoms with Crippen molar-refractivity contribution >= 4 is 40.7 Å². The maximum atomic E-state index is 12.0. The summed E-state index contributed by atoms with van der Waals surface area (Å²) in [6.45, 7) is 5.57. The summed E-state index contributed by atoms with van der Waals surface area (Å²) in [4.78, 5) is 29.1. The number of benzene rings is 3. The Morgan fingerprint density at radius 3 is 2.12 bits per heavy atom. The summed E-state index contributed by atoms with van der Waals surface area (Å²) in [5.74, 6) is -0.625. The zero-order chi connectivity index (χ0) is 29.7. The van der Waals surface area contributed by atoms with E-state index < -0.39 is 11.9 Å². The highest BCUT2D eigenvalue weighted by Gasteiger charge is 2.26. The van der Waals surface area contributed by atoms with E-state index in [2.05, 4.69) is 46.2 Å². The van der Waals surface area contributed by atoms with Gasteiger partial charge in [-0.3, -0.25) is 19.4 Å². The van der Waals surface area contributed by atoms with Gasteiger partial charge < -0.3 is 19.9 Å². The average molecular weight is 610 g/mol. The van der Waals surface area contributed by atoms with Crippen LogP contribution in [0.5, 0.6) is 5.75 Å². The highest BCUT2D eigenvalue weighted by atomic mass is 35.5. The van der Waals surface area contributed by atoms with Crippen molar-refractivity contribution in [1.29, 1.82) is 0 Å². The lowest BCUT2D eigenvalue weighted by Gasteiger charge is -2.39. The van der Waals surface area contributed by atoms with Gasteiger partial charge in [-0.05, 0) is 47.5 Å². The van der Waals surface area contributed by atoms with Crippen LogP contribution < -0.4 is 10.5 Å². The van der Waals surface area contributed by atoms with Gasteiger partial charge in [-0.1, -0.05) is 66.3 Å². The van der Waals surface area contributed by atoms with E-state index >= 15 is 0 Å². The highest BCUT2D eigenvalue weighted by Crippen LogP contribution is 2.30. The van der Waals surface area contributed by atoms with E-state index in [4.69, 9.17) is 43.8 Å². The minimum Gasteiger partial charge on any atom is -0.463 e. The minimum absolute atomic E-state index is 0.0614. The first-order chi connectivity index (χ1) is 20.4. The Hall–Kier alpha value is -3.34. The predicted molar refractivity (Wildman–Crippen MR) is 167 cm³/mol. The first-order valence-electron chi connectivity index (χ1n) is 14.0. The third-order valence-electron chi connectivity index (χ3n) is 7.02. The number of rotatable bonds is 14. The summed E-state index contributed by atoms with van der Waals surface area (Å²) < 4.78 is 16.1. The molecule has 1 atom stereocenters. The fourth-order valence-corrected chi connectivity index (χ4v) is 5.06. The zero-order valence-corrected chi connectivity index (χ0v) is 25.0. The smallest absolute Gasteiger partial charge is 0.311 e. The fourth-order valence-electron chi connectivity index (χ4n) is 4.80. The molecule has 10 heteroatoms. The number of ether oxygens (including phenoxy) is 3. The van der Waals surface area contributed by atoms with Crippen molar-refractivity contribution in [3.63, 3.8) is 0 Å². The fraction of sp³-hybridized carbons (Fsp3) is 0.344. The predicted octanol–water partition coefficient (Wildman–Crippen LogP) is 4.63. The molecular formula is C32H36ClN3O5S. The number of hydrogen-bond acceptors (Lipinski definition) is 8. The molecule has 1 saturated heterocycles. The third-order valence-corrected chi connectivity index (χ3v) is 7.51. The minimum atomic E-state index is -0.519. The van der Waals surface area contributed by atoms with Gasteiger partial charge in [-0.25, -0.2) is 0 Å². The molecule has 8 nitrogen and oxygen atoms in total. The molecule has 2 N–H and O–H groups in total. The number of nitrogens with two attached hydrogens (primary N) is 1. The second-order valence-corrected chi connectivity index (χ2v) is 10.8. The molecule has 3 aromatic carbocycles. The first-order valence-corrected chi connectivity index (χ1v) is 14.8. The third kappa shape index (κ3) is 9.89. The van der Waals surface area contributed by atoms with E-state index in [0.29, 0.717) is 24.5 Å². The molecule has 1 unspecified atom stereocenters. The molecule has 0 spiro atoms. The van der Waals surface area contributed by atoms with Gasteiger partial charge >= 0.3 is 11.9 Å². The molecule has 42 heavy (non-hydrogen) atoms. The molecule has 0 aromatic heterocycles. The molecule has 1 fully saturated rings. The van der Waals surface area contributed by atoms with E-state index in [-0.39, 0.29) is 30.5 Å². The Bertz CT molecular complexity index is 1300. The van der Waals surface area contributed by atoms with Gasteiger partial charge in [0.05, 0.1) is 32.1 Å². The lowest BCUT2D eigenvalue weighted by atomic mass is 9.96. The van der Waals surface area contributed by atoms with E-state index in [0.717, 1.165) is 37.7 Å². The molecule has 0 radical (unpaired) electrons. The maximum absolute atomic E-state index is 12.0. The molecule has 0 amide bonds. The van der Waals surface area contributed by atoms with Crippen molar-refractivity contribution in [3.05, 3.63) is 101 Å². The Kier molecular flexibility index (Phi) is 12.3. The van der Waals surface area contributed by atoms with Crippen LogP contribution in [0.3, 0.4) is 0 Å². The molecule has 222 valence electrons. The zero-order valence-electron chi connectivity index (χ0n) is 23.5. The van der Waals surface area contributed by atoms with E-state index in [1.54, 1.807) is 24.3 Å². The van der Waals surface area contributed by atoms with E-state index in [9.17, 15) is 9.59 Å². The molecule has 1 heterocycles. The van der Waals surface area contributed by atoms with Crippen LogP contribution in [0.15, 0.2) is 78.9 Å². The molecule has 0 aliphatic carbocycles. The van der Waals surface area contributed by atoms with Gasteiger partial charge in [0.1, 0.15) is 17.3 Å². The number of thiocarbonyl (C=S) groups is 1. The van der Waals surface area contributed by atoms with Crippen LogP contribution in [0, 0.1) is 0 Å². The first kappa shape index (κ1) is 31.6. The second kappa shape index (κ2) is 16.3. The lowest BCUT2D eigenvalue weighted by Crippen LogP contribution is -2.48. The topological polar surface area (TPSA) is 94.3 Å². The highest BCUT2D eigenvalue weighted by molar-refractivity contribution is 7.80. The Labute approximate surface area is 257 Å². The quantitative estimate of drug-likeness (QED) is 0.122. The Morgan fingerprint density at radius 2 is 1.45 bits per heavy atom. The van der Waals surface area contributed by atoms with Gasteiger partial charge in [-0.2, -0.15) is 0 Å². The van der Waals surface area contributed by atoms with Crippen LogP contribution in [0.2, 0.25) is 5.02 Å². The van der Waals surface area contributed by atoms with Crippen molar-refractivity contribution in [2.75, 3.05) is 52.5 Å². The molecule has 3 aromatic rings. The van der Waals surface area contributed by atoms with Crippen molar-refractivity contribution in [2.24, 2.45) is 5.73 Å². The Morgan fingerprint density at radius 1 is 0.810 bits per heavy atom. The average Bonchev–Trinajstić information content (AvgIpc) is 3.00. The summed E-state index contributed by atoms with van der Waals surface area (Å²) in [5, 5.41) is 0.738. The standard InChI is InChI=1S/C32H36ClN3O5S/c33-27-10-6-25(7-11-27)31(24-4-2-1-3-5-24)36-18-16-35(17-19-36)20-21-39-22-23-40-29(37)14-15-30(38)41-28-12-8-26(9-13-28)32(34)42/h1-13,31H,14-23H2,(H2,34,42). The van der Waals surface area contributed by atoms with Gasteiger partial charge in [0.25, 0.3) is 0 Å². The molecule has 1 aliphatic heterocycles. The molecular weight excluding hydrogens is 574 g/mol.